The third kappa shape index (κ3) is 4.93. The van der Waals surface area contributed by atoms with Crippen LogP contribution in [0.1, 0.15) is 39.0 Å². The molecule has 19 heavy (non-hydrogen) atoms. The van der Waals surface area contributed by atoms with E-state index in [4.69, 9.17) is 0 Å². The number of carbonyl (C=O) groups excluding carboxylic acids is 1. The van der Waals surface area contributed by atoms with Crippen LogP contribution in [0.15, 0.2) is 12.2 Å². The quantitative estimate of drug-likeness (QED) is 0.751. The summed E-state index contributed by atoms with van der Waals surface area (Å²) < 4.78 is 0. The van der Waals surface area contributed by atoms with Gasteiger partial charge in [-0.3, -0.25) is 0 Å². The molecular weight excluding hydrogens is 244 g/mol. The Morgan fingerprint density at radius 2 is 1.95 bits per heavy atom. The molecular formula is C14H24N2O3. The van der Waals surface area contributed by atoms with E-state index in [2.05, 4.69) is 11.9 Å². The summed E-state index contributed by atoms with van der Waals surface area (Å²) in [6.07, 6.45) is 5.01. The molecule has 1 aliphatic rings. The predicted molar refractivity (Wildman–Crippen MR) is 74.0 cm³/mol. The van der Waals surface area contributed by atoms with Crippen molar-refractivity contribution in [2.75, 3.05) is 13.6 Å². The van der Waals surface area contributed by atoms with E-state index in [1.807, 2.05) is 6.92 Å². The Labute approximate surface area is 114 Å². The molecule has 0 aromatic heterocycles. The number of amides is 2. The summed E-state index contributed by atoms with van der Waals surface area (Å²) in [7, 11) is 1.64. The molecule has 0 aliphatic heterocycles. The highest BCUT2D eigenvalue weighted by Gasteiger charge is 2.31. The molecule has 5 nitrogen and oxygen atoms in total. The Kier molecular flexibility index (Phi) is 5.86. The molecule has 2 N–H and O–H groups in total. The molecule has 2 amide bonds. The zero-order chi connectivity index (χ0) is 14.4. The van der Waals surface area contributed by atoms with Crippen LogP contribution in [0.4, 0.5) is 4.79 Å². The standard InChI is InChI=1S/C14H24N2O3/c1-10(2)9-16(3)14(19)15-12(13(17)18)11-7-5-4-6-8-11/h11-12H,1,4-9H2,2-3H3,(H,15,19)(H,17,18). The Balaban J connectivity index is 2.59. The van der Waals surface area contributed by atoms with Gasteiger partial charge in [0, 0.05) is 13.6 Å². The number of hydrogen-bond acceptors (Lipinski definition) is 2. The number of urea groups is 1. The topological polar surface area (TPSA) is 69.6 Å². The number of carbonyl (C=O) groups is 2. The van der Waals surface area contributed by atoms with E-state index >= 15 is 0 Å². The second kappa shape index (κ2) is 7.16. The number of likely N-dealkylation sites (N-methyl/N-ethyl adjacent to an activating group) is 1. The molecule has 1 rings (SSSR count). The second-order valence-electron chi connectivity index (χ2n) is 5.48. The molecule has 0 bridgehead atoms. The van der Waals surface area contributed by atoms with Crippen LogP contribution >= 0.6 is 0 Å². The lowest BCUT2D eigenvalue weighted by atomic mass is 9.84. The van der Waals surface area contributed by atoms with Gasteiger partial charge < -0.3 is 15.3 Å². The van der Waals surface area contributed by atoms with Crippen molar-refractivity contribution >= 4 is 12.0 Å². The number of hydrogen-bond donors (Lipinski definition) is 2. The molecule has 0 aromatic rings. The van der Waals surface area contributed by atoms with Crippen molar-refractivity contribution in [2.24, 2.45) is 5.92 Å². The molecule has 1 fully saturated rings. The first-order chi connectivity index (χ1) is 8.91. The minimum Gasteiger partial charge on any atom is -0.480 e. The molecule has 1 unspecified atom stereocenters. The molecule has 5 heteroatoms. The summed E-state index contributed by atoms with van der Waals surface area (Å²) in [5.41, 5.74) is 0.863. The van der Waals surface area contributed by atoms with Gasteiger partial charge in [-0.2, -0.15) is 0 Å². The van der Waals surface area contributed by atoms with Crippen molar-refractivity contribution in [1.82, 2.24) is 10.2 Å². The highest BCUT2D eigenvalue weighted by molar-refractivity contribution is 5.82. The lowest BCUT2D eigenvalue weighted by Crippen LogP contribution is -2.50. The minimum atomic E-state index is -0.941. The second-order valence-corrected chi connectivity index (χ2v) is 5.48. The SMILES string of the molecule is C=C(C)CN(C)C(=O)NC(C(=O)O)C1CCCCC1. The molecule has 0 aromatic carbocycles. The molecule has 0 heterocycles. The molecule has 108 valence electrons. The van der Waals surface area contributed by atoms with Gasteiger partial charge in [0.2, 0.25) is 0 Å². The van der Waals surface area contributed by atoms with Gasteiger partial charge in [-0.15, -0.1) is 0 Å². The van der Waals surface area contributed by atoms with E-state index < -0.39 is 12.0 Å². The van der Waals surface area contributed by atoms with Gasteiger partial charge in [0.15, 0.2) is 0 Å². The van der Waals surface area contributed by atoms with Crippen molar-refractivity contribution in [3.8, 4) is 0 Å². The molecule has 1 saturated carbocycles. The zero-order valence-electron chi connectivity index (χ0n) is 11.8. The Morgan fingerprint density at radius 3 is 2.42 bits per heavy atom. The van der Waals surface area contributed by atoms with E-state index in [0.717, 1.165) is 37.7 Å². The molecule has 1 atom stereocenters. The summed E-state index contributed by atoms with van der Waals surface area (Å²) >= 11 is 0. The fraction of sp³-hybridized carbons (Fsp3) is 0.714. The Morgan fingerprint density at radius 1 is 1.37 bits per heavy atom. The molecule has 0 saturated heterocycles. The number of nitrogens with one attached hydrogen (secondary N) is 1. The number of carboxylic acids is 1. The monoisotopic (exact) mass is 268 g/mol. The maximum atomic E-state index is 11.9. The number of nitrogens with zero attached hydrogens (tertiary/aromatic N) is 1. The third-order valence-electron chi connectivity index (χ3n) is 3.52. The van der Waals surface area contributed by atoms with Crippen LogP contribution in [0.2, 0.25) is 0 Å². The van der Waals surface area contributed by atoms with Crippen LogP contribution in [0.5, 0.6) is 0 Å². The lowest BCUT2D eigenvalue weighted by molar-refractivity contribution is -0.141. The van der Waals surface area contributed by atoms with Crippen LogP contribution in [-0.4, -0.2) is 41.6 Å². The summed E-state index contributed by atoms with van der Waals surface area (Å²) in [5.74, 6) is -0.891. The zero-order valence-corrected chi connectivity index (χ0v) is 11.8. The summed E-state index contributed by atoms with van der Waals surface area (Å²) in [5, 5.41) is 11.9. The van der Waals surface area contributed by atoms with Gasteiger partial charge >= 0.3 is 12.0 Å². The van der Waals surface area contributed by atoms with Crippen molar-refractivity contribution < 1.29 is 14.7 Å². The van der Waals surface area contributed by atoms with E-state index in [0.29, 0.717) is 6.54 Å². The highest BCUT2D eigenvalue weighted by atomic mass is 16.4. The van der Waals surface area contributed by atoms with Gasteiger partial charge in [0.25, 0.3) is 0 Å². The van der Waals surface area contributed by atoms with Gasteiger partial charge in [-0.25, -0.2) is 9.59 Å². The van der Waals surface area contributed by atoms with Crippen molar-refractivity contribution in [3.63, 3.8) is 0 Å². The maximum Gasteiger partial charge on any atom is 0.326 e. The van der Waals surface area contributed by atoms with Gasteiger partial charge in [0.05, 0.1) is 0 Å². The van der Waals surface area contributed by atoms with Crippen LogP contribution in [0.3, 0.4) is 0 Å². The predicted octanol–water partition coefficient (Wildman–Crippen LogP) is 2.24. The number of rotatable bonds is 5. The van der Waals surface area contributed by atoms with Gasteiger partial charge in [-0.05, 0) is 25.7 Å². The minimum absolute atomic E-state index is 0.0495. The average Bonchev–Trinajstić information content (AvgIpc) is 2.35. The summed E-state index contributed by atoms with van der Waals surface area (Å²) in [6, 6.07) is -1.12. The van der Waals surface area contributed by atoms with Crippen molar-refractivity contribution in [3.05, 3.63) is 12.2 Å². The van der Waals surface area contributed by atoms with E-state index in [1.165, 1.54) is 4.90 Å². The van der Waals surface area contributed by atoms with E-state index in [-0.39, 0.29) is 11.9 Å². The molecule has 0 radical (unpaired) electrons. The van der Waals surface area contributed by atoms with E-state index in [1.54, 1.807) is 7.05 Å². The smallest absolute Gasteiger partial charge is 0.326 e. The fourth-order valence-electron chi connectivity index (χ4n) is 2.57. The van der Waals surface area contributed by atoms with Crippen LogP contribution in [0.25, 0.3) is 0 Å². The van der Waals surface area contributed by atoms with Crippen LogP contribution in [-0.2, 0) is 4.79 Å². The molecule has 1 aliphatic carbocycles. The third-order valence-corrected chi connectivity index (χ3v) is 3.52. The summed E-state index contributed by atoms with van der Waals surface area (Å²) in [6.45, 7) is 6.01. The Bertz CT molecular complexity index is 349. The first-order valence-electron chi connectivity index (χ1n) is 6.80. The first-order valence-corrected chi connectivity index (χ1v) is 6.80. The van der Waals surface area contributed by atoms with Gasteiger partial charge in [-0.1, -0.05) is 31.4 Å². The lowest BCUT2D eigenvalue weighted by Gasteiger charge is -2.29. The first kappa shape index (κ1) is 15.5. The molecule has 0 spiro atoms. The van der Waals surface area contributed by atoms with Crippen LogP contribution in [0, 0.1) is 5.92 Å². The highest BCUT2D eigenvalue weighted by Crippen LogP contribution is 2.26. The number of carboxylic acid groups (broad SMARTS) is 1. The maximum absolute atomic E-state index is 11.9. The van der Waals surface area contributed by atoms with Crippen molar-refractivity contribution in [1.29, 1.82) is 0 Å². The van der Waals surface area contributed by atoms with Crippen LogP contribution < -0.4 is 5.32 Å². The van der Waals surface area contributed by atoms with E-state index in [9.17, 15) is 14.7 Å². The fourth-order valence-corrected chi connectivity index (χ4v) is 2.57. The van der Waals surface area contributed by atoms with Gasteiger partial charge in [0.1, 0.15) is 6.04 Å². The normalized spacial score (nSPS) is 17.6. The summed E-state index contributed by atoms with van der Waals surface area (Å²) in [4.78, 5) is 24.7. The Hall–Kier alpha value is -1.52. The average molecular weight is 268 g/mol. The number of aliphatic carboxylic acids is 1. The van der Waals surface area contributed by atoms with Crippen molar-refractivity contribution in [2.45, 2.75) is 45.1 Å². The largest absolute Gasteiger partial charge is 0.480 e.